The Labute approximate surface area is 117 Å². The van der Waals surface area contributed by atoms with Crippen LogP contribution in [0.25, 0.3) is 0 Å². The zero-order valence-corrected chi connectivity index (χ0v) is 12.5. The summed E-state index contributed by atoms with van der Waals surface area (Å²) in [6, 6.07) is 6.71. The molecule has 1 heterocycles. The first-order chi connectivity index (χ1) is 9.03. The highest BCUT2D eigenvalue weighted by Crippen LogP contribution is 2.30. The van der Waals surface area contributed by atoms with E-state index >= 15 is 0 Å². The molecule has 1 aromatic carbocycles. The first-order valence-corrected chi connectivity index (χ1v) is 7.19. The molecule has 0 amide bonds. The van der Waals surface area contributed by atoms with Gasteiger partial charge >= 0.3 is 0 Å². The normalized spacial score (nSPS) is 19.1. The van der Waals surface area contributed by atoms with E-state index in [2.05, 4.69) is 62.0 Å². The van der Waals surface area contributed by atoms with Crippen molar-refractivity contribution in [1.82, 2.24) is 4.90 Å². The van der Waals surface area contributed by atoms with Crippen molar-refractivity contribution >= 4 is 5.69 Å². The molecule has 0 aromatic heterocycles. The van der Waals surface area contributed by atoms with Crippen molar-refractivity contribution in [3.8, 4) is 0 Å². The third-order valence-corrected chi connectivity index (χ3v) is 4.11. The predicted octanol–water partition coefficient (Wildman–Crippen LogP) is 3.76. The van der Waals surface area contributed by atoms with Crippen molar-refractivity contribution in [3.05, 3.63) is 42.0 Å². The molecular formula is C17H26N2. The molecule has 0 bridgehead atoms. The molecule has 1 N–H and O–H groups in total. The van der Waals surface area contributed by atoms with Gasteiger partial charge in [-0.25, -0.2) is 0 Å². The minimum absolute atomic E-state index is 0.189. The highest BCUT2D eigenvalue weighted by Gasteiger charge is 2.32. The maximum Gasteiger partial charge on any atom is 0.0432 e. The lowest BCUT2D eigenvalue weighted by atomic mass is 9.84. The van der Waals surface area contributed by atoms with E-state index in [1.54, 1.807) is 0 Å². The quantitative estimate of drug-likeness (QED) is 0.827. The summed E-state index contributed by atoms with van der Waals surface area (Å²) < 4.78 is 0. The lowest BCUT2D eigenvalue weighted by Gasteiger charge is -2.41. The molecule has 104 valence electrons. The van der Waals surface area contributed by atoms with E-state index < -0.39 is 0 Å². The zero-order valence-electron chi connectivity index (χ0n) is 12.5. The molecule has 1 aliphatic rings. The molecule has 1 aliphatic heterocycles. The number of hydrogen-bond donors (Lipinski definition) is 1. The molecule has 1 fully saturated rings. The summed E-state index contributed by atoms with van der Waals surface area (Å²) in [7, 11) is 2.20. The molecule has 19 heavy (non-hydrogen) atoms. The summed E-state index contributed by atoms with van der Waals surface area (Å²) in [5, 5.41) is 3.80. The third kappa shape index (κ3) is 3.60. The van der Waals surface area contributed by atoms with Gasteiger partial charge in [0.05, 0.1) is 0 Å². The molecule has 0 atom stereocenters. The molecule has 0 saturated carbocycles. The number of hydrogen-bond acceptors (Lipinski definition) is 2. The van der Waals surface area contributed by atoms with Gasteiger partial charge in [0.15, 0.2) is 0 Å². The number of aryl methyl sites for hydroxylation is 2. The van der Waals surface area contributed by atoms with Crippen LogP contribution in [0.15, 0.2) is 30.9 Å². The molecule has 1 saturated heterocycles. The summed E-state index contributed by atoms with van der Waals surface area (Å²) in [6.45, 7) is 10.6. The molecule has 2 nitrogen and oxygen atoms in total. The van der Waals surface area contributed by atoms with Crippen molar-refractivity contribution < 1.29 is 0 Å². The van der Waals surface area contributed by atoms with Crippen LogP contribution in [0.5, 0.6) is 0 Å². The molecule has 0 aliphatic carbocycles. The van der Waals surface area contributed by atoms with Crippen molar-refractivity contribution in [2.45, 2.75) is 38.6 Å². The van der Waals surface area contributed by atoms with Gasteiger partial charge in [0, 0.05) is 24.3 Å². The largest absolute Gasteiger partial charge is 0.379 e. The average Bonchev–Trinajstić information content (AvgIpc) is 2.32. The molecular weight excluding hydrogens is 232 g/mol. The molecule has 1 aromatic rings. The van der Waals surface area contributed by atoms with Crippen LogP contribution in [0.4, 0.5) is 5.69 Å². The Morgan fingerprint density at radius 1 is 1.21 bits per heavy atom. The van der Waals surface area contributed by atoms with Crippen LogP contribution in [0, 0.1) is 13.8 Å². The number of rotatable bonds is 4. The van der Waals surface area contributed by atoms with Gasteiger partial charge in [-0.2, -0.15) is 0 Å². The molecule has 0 radical (unpaired) electrons. The molecule has 2 rings (SSSR count). The summed E-state index contributed by atoms with van der Waals surface area (Å²) in [5.41, 5.74) is 4.09. The number of nitrogens with zero attached hydrogens (tertiary/aromatic N) is 1. The summed E-state index contributed by atoms with van der Waals surface area (Å²) in [5.74, 6) is 0. The highest BCUT2D eigenvalue weighted by molar-refractivity contribution is 5.50. The summed E-state index contributed by atoms with van der Waals surface area (Å²) >= 11 is 0. The van der Waals surface area contributed by atoms with Crippen LogP contribution < -0.4 is 5.32 Å². The Morgan fingerprint density at radius 2 is 1.79 bits per heavy atom. The van der Waals surface area contributed by atoms with Crippen molar-refractivity contribution in [2.24, 2.45) is 0 Å². The van der Waals surface area contributed by atoms with Gasteiger partial charge in [-0.1, -0.05) is 12.1 Å². The van der Waals surface area contributed by atoms with Crippen molar-refractivity contribution in [3.63, 3.8) is 0 Å². The number of anilines is 1. The molecule has 0 unspecified atom stereocenters. The van der Waals surface area contributed by atoms with Gasteiger partial charge in [-0.05, 0) is 63.4 Å². The SMILES string of the molecule is C=CCC1(Nc2cc(C)cc(C)c2)CCN(C)CC1. The van der Waals surface area contributed by atoms with Gasteiger partial charge in [-0.3, -0.25) is 0 Å². The van der Waals surface area contributed by atoms with E-state index in [4.69, 9.17) is 0 Å². The van der Waals surface area contributed by atoms with E-state index in [-0.39, 0.29) is 5.54 Å². The van der Waals surface area contributed by atoms with Gasteiger partial charge in [0.25, 0.3) is 0 Å². The Kier molecular flexibility index (Phi) is 4.31. The van der Waals surface area contributed by atoms with Crippen LogP contribution in [-0.2, 0) is 0 Å². The maximum atomic E-state index is 3.94. The fourth-order valence-corrected chi connectivity index (χ4v) is 3.06. The molecule has 2 heteroatoms. The van der Waals surface area contributed by atoms with Crippen molar-refractivity contribution in [2.75, 3.05) is 25.5 Å². The maximum absolute atomic E-state index is 3.94. The number of nitrogens with one attached hydrogen (secondary N) is 1. The Morgan fingerprint density at radius 3 is 2.32 bits per heavy atom. The lowest BCUT2D eigenvalue weighted by Crippen LogP contribution is -2.47. The van der Waals surface area contributed by atoms with Crippen LogP contribution >= 0.6 is 0 Å². The number of piperidine rings is 1. The summed E-state index contributed by atoms with van der Waals surface area (Å²) in [4.78, 5) is 2.41. The summed E-state index contributed by atoms with van der Waals surface area (Å²) in [6.07, 6.45) is 5.46. The topological polar surface area (TPSA) is 15.3 Å². The fraction of sp³-hybridized carbons (Fsp3) is 0.529. The van der Waals surface area contributed by atoms with E-state index in [1.165, 1.54) is 29.7 Å². The first-order valence-electron chi connectivity index (χ1n) is 7.19. The molecule has 0 spiro atoms. The van der Waals surface area contributed by atoms with Crippen LogP contribution in [-0.4, -0.2) is 30.6 Å². The van der Waals surface area contributed by atoms with Crippen molar-refractivity contribution in [1.29, 1.82) is 0 Å². The Bertz CT molecular complexity index is 422. The average molecular weight is 258 g/mol. The highest BCUT2D eigenvalue weighted by atomic mass is 15.1. The fourth-order valence-electron chi connectivity index (χ4n) is 3.06. The van der Waals surface area contributed by atoms with Crippen LogP contribution in [0.2, 0.25) is 0 Å². The monoisotopic (exact) mass is 258 g/mol. The second-order valence-corrected chi connectivity index (χ2v) is 6.08. The predicted molar refractivity (Wildman–Crippen MR) is 83.8 cm³/mol. The Hall–Kier alpha value is -1.28. The lowest BCUT2D eigenvalue weighted by molar-refractivity contribution is 0.206. The minimum Gasteiger partial charge on any atom is -0.379 e. The second kappa shape index (κ2) is 5.79. The van der Waals surface area contributed by atoms with E-state index in [0.717, 1.165) is 19.5 Å². The smallest absolute Gasteiger partial charge is 0.0432 e. The van der Waals surface area contributed by atoms with E-state index in [1.807, 2.05) is 0 Å². The number of benzene rings is 1. The zero-order chi connectivity index (χ0) is 13.9. The first kappa shape index (κ1) is 14.1. The van der Waals surface area contributed by atoms with Gasteiger partial charge in [0.1, 0.15) is 0 Å². The van der Waals surface area contributed by atoms with Crippen LogP contribution in [0.3, 0.4) is 0 Å². The minimum atomic E-state index is 0.189. The van der Waals surface area contributed by atoms with E-state index in [9.17, 15) is 0 Å². The second-order valence-electron chi connectivity index (χ2n) is 6.08. The van der Waals surface area contributed by atoms with Gasteiger partial charge in [0.2, 0.25) is 0 Å². The van der Waals surface area contributed by atoms with Gasteiger partial charge in [-0.15, -0.1) is 6.58 Å². The van der Waals surface area contributed by atoms with Crippen LogP contribution in [0.1, 0.15) is 30.4 Å². The van der Waals surface area contributed by atoms with Gasteiger partial charge < -0.3 is 10.2 Å². The van der Waals surface area contributed by atoms with E-state index in [0.29, 0.717) is 0 Å². The third-order valence-electron chi connectivity index (χ3n) is 4.11. The standard InChI is InChI=1S/C17H26N2/c1-5-6-17(7-9-19(4)10-8-17)18-16-12-14(2)11-15(3)13-16/h5,11-13,18H,1,6-10H2,2-4H3. The Balaban J connectivity index is 2.18. The number of likely N-dealkylation sites (tertiary alicyclic amines) is 1.